The fraction of sp³-hybridized carbons (Fsp3) is 0.562. The minimum Gasteiger partial charge on any atom is -0.376 e. The van der Waals surface area contributed by atoms with Gasteiger partial charge in [-0.2, -0.15) is 0 Å². The maximum Gasteiger partial charge on any atom is 0.319 e. The normalized spacial score (nSPS) is 21.3. The first-order chi connectivity index (χ1) is 10.2. The zero-order valence-corrected chi connectivity index (χ0v) is 12.9. The van der Waals surface area contributed by atoms with Crippen molar-refractivity contribution in [2.24, 2.45) is 0 Å². The van der Waals surface area contributed by atoms with Gasteiger partial charge in [0, 0.05) is 12.3 Å². The third-order valence-corrected chi connectivity index (χ3v) is 3.70. The van der Waals surface area contributed by atoms with Gasteiger partial charge in [0.15, 0.2) is 0 Å². The largest absolute Gasteiger partial charge is 0.376 e. The molecule has 0 bridgehead atoms. The zero-order valence-electron chi connectivity index (χ0n) is 12.9. The number of benzene rings is 1. The summed E-state index contributed by atoms with van der Waals surface area (Å²) in [5.41, 5.74) is 3.09. The van der Waals surface area contributed by atoms with E-state index in [1.807, 2.05) is 32.0 Å². The van der Waals surface area contributed by atoms with E-state index < -0.39 is 0 Å². The Hall–Kier alpha value is -1.59. The molecule has 1 heterocycles. The van der Waals surface area contributed by atoms with Crippen molar-refractivity contribution in [3.05, 3.63) is 29.3 Å². The number of carbonyl (C=O) groups is 1. The van der Waals surface area contributed by atoms with Gasteiger partial charge in [-0.15, -0.1) is 0 Å². The molecule has 0 aliphatic carbocycles. The van der Waals surface area contributed by atoms with E-state index in [1.165, 1.54) is 0 Å². The van der Waals surface area contributed by atoms with Crippen LogP contribution in [0.5, 0.6) is 0 Å². The zero-order chi connectivity index (χ0) is 15.2. The van der Waals surface area contributed by atoms with Crippen LogP contribution in [0, 0.1) is 6.92 Å². The van der Waals surface area contributed by atoms with Gasteiger partial charge in [-0.05, 0) is 31.4 Å². The highest BCUT2D eigenvalue weighted by Gasteiger charge is 2.30. The number of hydrogen-bond donors (Lipinski definition) is 2. The Morgan fingerprint density at radius 1 is 1.38 bits per heavy atom. The first-order valence-corrected chi connectivity index (χ1v) is 7.51. The van der Waals surface area contributed by atoms with Crippen LogP contribution in [0.1, 0.15) is 25.0 Å². The molecule has 116 valence electrons. The molecule has 1 saturated heterocycles. The molecule has 21 heavy (non-hydrogen) atoms. The third kappa shape index (κ3) is 3.95. The van der Waals surface area contributed by atoms with E-state index in [4.69, 9.17) is 9.47 Å². The fourth-order valence-corrected chi connectivity index (χ4v) is 2.57. The summed E-state index contributed by atoms with van der Waals surface area (Å²) in [5, 5.41) is 5.90. The number of aryl methyl sites for hydroxylation is 2. The molecule has 5 heteroatoms. The molecule has 0 spiro atoms. The monoisotopic (exact) mass is 292 g/mol. The Kier molecular flexibility index (Phi) is 5.59. The molecular formula is C16H24N2O3. The number of amides is 2. The molecule has 2 amide bonds. The van der Waals surface area contributed by atoms with Gasteiger partial charge in [-0.3, -0.25) is 0 Å². The molecule has 0 unspecified atom stereocenters. The van der Waals surface area contributed by atoms with E-state index in [2.05, 4.69) is 17.6 Å². The van der Waals surface area contributed by atoms with Crippen molar-refractivity contribution in [2.45, 2.75) is 39.3 Å². The number of carbonyl (C=O) groups excluding carboxylic acids is 1. The summed E-state index contributed by atoms with van der Waals surface area (Å²) in [4.78, 5) is 12.2. The number of para-hydroxylation sites is 1. The molecule has 1 aliphatic heterocycles. The summed E-state index contributed by atoms with van der Waals surface area (Å²) in [5.74, 6) is 0. The summed E-state index contributed by atoms with van der Waals surface area (Å²) < 4.78 is 10.9. The minimum atomic E-state index is -0.209. The predicted molar refractivity (Wildman–Crippen MR) is 82.7 cm³/mol. The van der Waals surface area contributed by atoms with Gasteiger partial charge in [-0.1, -0.05) is 25.1 Å². The SMILES string of the molecule is CCO[C@H]1COC[C@@H]1NC(=O)Nc1c(C)cccc1CC. The van der Waals surface area contributed by atoms with Gasteiger partial charge in [0.2, 0.25) is 0 Å². The maximum absolute atomic E-state index is 12.2. The molecule has 1 aromatic rings. The number of anilines is 1. The Morgan fingerprint density at radius 2 is 2.19 bits per heavy atom. The van der Waals surface area contributed by atoms with Crippen LogP contribution in [0.15, 0.2) is 18.2 Å². The molecule has 0 aromatic heterocycles. The molecule has 2 rings (SSSR count). The summed E-state index contributed by atoms with van der Waals surface area (Å²) >= 11 is 0. The van der Waals surface area contributed by atoms with Crippen LogP contribution in [0.4, 0.5) is 10.5 Å². The third-order valence-electron chi connectivity index (χ3n) is 3.70. The van der Waals surface area contributed by atoms with Crippen molar-refractivity contribution >= 4 is 11.7 Å². The summed E-state index contributed by atoms with van der Waals surface area (Å²) in [6, 6.07) is 5.73. The van der Waals surface area contributed by atoms with Crippen molar-refractivity contribution in [1.29, 1.82) is 0 Å². The number of hydrogen-bond acceptors (Lipinski definition) is 3. The maximum atomic E-state index is 12.2. The van der Waals surface area contributed by atoms with Gasteiger partial charge in [-0.25, -0.2) is 4.79 Å². The van der Waals surface area contributed by atoms with Crippen LogP contribution in [0.3, 0.4) is 0 Å². The van der Waals surface area contributed by atoms with Crippen molar-refractivity contribution in [1.82, 2.24) is 5.32 Å². The molecule has 1 aliphatic rings. The van der Waals surface area contributed by atoms with E-state index in [-0.39, 0.29) is 18.2 Å². The minimum absolute atomic E-state index is 0.0664. The highest BCUT2D eigenvalue weighted by Crippen LogP contribution is 2.21. The van der Waals surface area contributed by atoms with E-state index >= 15 is 0 Å². The van der Waals surface area contributed by atoms with Crippen LogP contribution < -0.4 is 10.6 Å². The smallest absolute Gasteiger partial charge is 0.319 e. The summed E-state index contributed by atoms with van der Waals surface area (Å²) in [7, 11) is 0. The lowest BCUT2D eigenvalue weighted by atomic mass is 10.1. The lowest BCUT2D eigenvalue weighted by Crippen LogP contribution is -2.45. The van der Waals surface area contributed by atoms with E-state index in [0.717, 1.165) is 23.2 Å². The highest BCUT2D eigenvalue weighted by molar-refractivity contribution is 5.91. The predicted octanol–water partition coefficient (Wildman–Crippen LogP) is 2.48. The summed E-state index contributed by atoms with van der Waals surface area (Å²) in [6.45, 7) is 7.65. The molecule has 1 aromatic carbocycles. The topological polar surface area (TPSA) is 59.6 Å². The second-order valence-corrected chi connectivity index (χ2v) is 5.20. The molecule has 0 radical (unpaired) electrons. The van der Waals surface area contributed by atoms with Crippen molar-refractivity contribution in [3.63, 3.8) is 0 Å². The van der Waals surface area contributed by atoms with Crippen molar-refractivity contribution in [2.75, 3.05) is 25.1 Å². The second kappa shape index (κ2) is 7.43. The quantitative estimate of drug-likeness (QED) is 0.876. The first kappa shape index (κ1) is 15.8. The highest BCUT2D eigenvalue weighted by atomic mass is 16.5. The van der Waals surface area contributed by atoms with E-state index in [9.17, 15) is 4.79 Å². The Labute approximate surface area is 126 Å². The second-order valence-electron chi connectivity index (χ2n) is 5.20. The number of rotatable bonds is 5. The first-order valence-electron chi connectivity index (χ1n) is 7.51. The van der Waals surface area contributed by atoms with Crippen LogP contribution in [0.2, 0.25) is 0 Å². The van der Waals surface area contributed by atoms with Gasteiger partial charge in [0.05, 0.1) is 19.3 Å². The molecule has 1 fully saturated rings. The average Bonchev–Trinajstić information content (AvgIpc) is 2.88. The lowest BCUT2D eigenvalue weighted by Gasteiger charge is -2.20. The van der Waals surface area contributed by atoms with Crippen LogP contribution in [-0.4, -0.2) is 38.0 Å². The van der Waals surface area contributed by atoms with Gasteiger partial charge in [0.25, 0.3) is 0 Å². The van der Waals surface area contributed by atoms with Gasteiger partial charge >= 0.3 is 6.03 Å². The lowest BCUT2D eigenvalue weighted by molar-refractivity contribution is 0.0428. The van der Waals surface area contributed by atoms with Crippen LogP contribution in [-0.2, 0) is 15.9 Å². The Morgan fingerprint density at radius 3 is 2.90 bits per heavy atom. The molecular weight excluding hydrogens is 268 g/mol. The molecule has 2 N–H and O–H groups in total. The van der Waals surface area contributed by atoms with Gasteiger partial charge in [0.1, 0.15) is 6.10 Å². The van der Waals surface area contributed by atoms with Crippen molar-refractivity contribution in [3.8, 4) is 0 Å². The number of ether oxygens (including phenoxy) is 2. The fourth-order valence-electron chi connectivity index (χ4n) is 2.57. The van der Waals surface area contributed by atoms with Crippen molar-refractivity contribution < 1.29 is 14.3 Å². The van der Waals surface area contributed by atoms with E-state index in [0.29, 0.717) is 19.8 Å². The van der Waals surface area contributed by atoms with Crippen LogP contribution >= 0.6 is 0 Å². The average molecular weight is 292 g/mol. The van der Waals surface area contributed by atoms with Gasteiger partial charge < -0.3 is 20.1 Å². The molecule has 0 saturated carbocycles. The van der Waals surface area contributed by atoms with E-state index in [1.54, 1.807) is 0 Å². The molecule has 2 atom stereocenters. The van der Waals surface area contributed by atoms with Crippen LogP contribution in [0.25, 0.3) is 0 Å². The number of urea groups is 1. The standard InChI is InChI=1S/C16H24N2O3/c1-4-12-8-6-7-11(3)15(12)18-16(19)17-13-9-20-10-14(13)21-5-2/h6-8,13-14H,4-5,9-10H2,1-3H3,(H2,17,18,19)/t13-,14-/m0/s1. The molecule has 5 nitrogen and oxygen atoms in total. The Balaban J connectivity index is 1.99. The summed E-state index contributed by atoms with van der Waals surface area (Å²) in [6.07, 6.45) is 0.814. The Bertz CT molecular complexity index is 490. The number of nitrogens with one attached hydrogen (secondary N) is 2.